The molecule has 0 spiro atoms. The molecule has 1 heterocycles. The molecule has 0 unspecified atom stereocenters. The molecule has 2 nitrogen and oxygen atoms in total. The van der Waals surface area contributed by atoms with Crippen molar-refractivity contribution in [3.8, 4) is 0 Å². The van der Waals surface area contributed by atoms with E-state index < -0.39 is 0 Å². The minimum absolute atomic E-state index is 0.122. The van der Waals surface area contributed by atoms with Crippen LogP contribution in [0.5, 0.6) is 0 Å². The van der Waals surface area contributed by atoms with E-state index in [1.807, 2.05) is 18.2 Å². The van der Waals surface area contributed by atoms with Crippen LogP contribution in [0, 0.1) is 0 Å². The lowest BCUT2D eigenvalue weighted by molar-refractivity contribution is 0.102. The van der Waals surface area contributed by atoms with Crippen LogP contribution in [-0.2, 0) is 16.1 Å². The Labute approximate surface area is 84.8 Å². The maximum Gasteiger partial charge on any atom is 0.0910 e. The van der Waals surface area contributed by atoms with Crippen LogP contribution in [0.25, 0.3) is 0 Å². The van der Waals surface area contributed by atoms with Gasteiger partial charge in [-0.25, -0.2) is 0 Å². The molecule has 1 fully saturated rings. The minimum Gasteiger partial charge on any atom is -0.377 e. The van der Waals surface area contributed by atoms with Gasteiger partial charge in [0.25, 0.3) is 0 Å². The molecular formula is C12H16O2. The van der Waals surface area contributed by atoms with Crippen LogP contribution >= 0.6 is 0 Å². The van der Waals surface area contributed by atoms with Crippen molar-refractivity contribution in [1.29, 1.82) is 0 Å². The lowest BCUT2D eigenvalue weighted by atomic mass is 10.1. The van der Waals surface area contributed by atoms with Crippen LogP contribution in [0.3, 0.4) is 0 Å². The molecule has 14 heavy (non-hydrogen) atoms. The Kier molecular flexibility index (Phi) is 2.85. The van der Waals surface area contributed by atoms with Crippen LogP contribution in [0.15, 0.2) is 30.3 Å². The summed E-state index contributed by atoms with van der Waals surface area (Å²) >= 11 is 0. The first-order valence-corrected chi connectivity index (χ1v) is 5.04. The first kappa shape index (κ1) is 9.69. The number of hydrogen-bond acceptors (Lipinski definition) is 2. The average Bonchev–Trinajstić information content (AvgIpc) is 2.94. The Bertz CT molecular complexity index is 278. The van der Waals surface area contributed by atoms with Gasteiger partial charge in [0.1, 0.15) is 0 Å². The van der Waals surface area contributed by atoms with Gasteiger partial charge in [-0.3, -0.25) is 0 Å². The van der Waals surface area contributed by atoms with Crippen molar-refractivity contribution in [1.82, 2.24) is 0 Å². The van der Waals surface area contributed by atoms with Crippen LogP contribution in [0.4, 0.5) is 0 Å². The Morgan fingerprint density at radius 1 is 1.36 bits per heavy atom. The molecular weight excluding hydrogens is 176 g/mol. The molecule has 76 valence electrons. The molecule has 1 aliphatic heterocycles. The Morgan fingerprint density at radius 2 is 2.07 bits per heavy atom. The van der Waals surface area contributed by atoms with E-state index in [0.29, 0.717) is 6.61 Å². The zero-order valence-corrected chi connectivity index (χ0v) is 8.53. The van der Waals surface area contributed by atoms with Gasteiger partial charge in [0.2, 0.25) is 0 Å². The van der Waals surface area contributed by atoms with Gasteiger partial charge in [-0.2, -0.15) is 0 Å². The second-order valence-electron chi connectivity index (χ2n) is 4.03. The largest absolute Gasteiger partial charge is 0.377 e. The van der Waals surface area contributed by atoms with E-state index in [1.54, 1.807) is 0 Å². The molecule has 0 amide bonds. The molecule has 1 aromatic carbocycles. The van der Waals surface area contributed by atoms with E-state index >= 15 is 0 Å². The Morgan fingerprint density at radius 3 is 2.71 bits per heavy atom. The number of ether oxygens (including phenoxy) is 2. The topological polar surface area (TPSA) is 21.8 Å². The first-order chi connectivity index (χ1) is 6.79. The van der Waals surface area contributed by atoms with Crippen molar-refractivity contribution in [2.45, 2.75) is 25.6 Å². The predicted octanol–water partition coefficient (Wildman–Crippen LogP) is 2.38. The second-order valence-corrected chi connectivity index (χ2v) is 4.03. The SMILES string of the molecule is C[C@]1(CCOCc2ccccc2)CO1. The van der Waals surface area contributed by atoms with Gasteiger partial charge in [0.05, 0.1) is 18.8 Å². The van der Waals surface area contributed by atoms with Gasteiger partial charge >= 0.3 is 0 Å². The van der Waals surface area contributed by atoms with Gasteiger partial charge in [-0.1, -0.05) is 30.3 Å². The normalized spacial score (nSPS) is 24.9. The van der Waals surface area contributed by atoms with Crippen LogP contribution in [0.2, 0.25) is 0 Å². The predicted molar refractivity (Wildman–Crippen MR) is 55.1 cm³/mol. The number of epoxide rings is 1. The van der Waals surface area contributed by atoms with E-state index in [2.05, 4.69) is 19.1 Å². The fraction of sp³-hybridized carbons (Fsp3) is 0.500. The summed E-state index contributed by atoms with van der Waals surface area (Å²) in [5.74, 6) is 0. The third-order valence-electron chi connectivity index (χ3n) is 2.52. The van der Waals surface area contributed by atoms with Crippen molar-refractivity contribution in [2.75, 3.05) is 13.2 Å². The second kappa shape index (κ2) is 4.11. The fourth-order valence-electron chi connectivity index (χ4n) is 1.32. The average molecular weight is 192 g/mol. The summed E-state index contributed by atoms with van der Waals surface area (Å²) in [7, 11) is 0. The quantitative estimate of drug-likeness (QED) is 0.527. The van der Waals surface area contributed by atoms with Crippen molar-refractivity contribution in [3.63, 3.8) is 0 Å². The Balaban J connectivity index is 1.63. The third kappa shape index (κ3) is 2.82. The summed E-state index contributed by atoms with van der Waals surface area (Å²) in [6.45, 7) is 4.50. The van der Waals surface area contributed by atoms with Gasteiger partial charge in [-0.05, 0) is 12.5 Å². The summed E-state index contributed by atoms with van der Waals surface area (Å²) in [6, 6.07) is 10.2. The molecule has 2 rings (SSSR count). The molecule has 0 saturated carbocycles. The van der Waals surface area contributed by atoms with Gasteiger partial charge in [0, 0.05) is 13.0 Å². The zero-order valence-electron chi connectivity index (χ0n) is 8.53. The van der Waals surface area contributed by atoms with Gasteiger partial charge in [-0.15, -0.1) is 0 Å². The molecule has 0 N–H and O–H groups in total. The first-order valence-electron chi connectivity index (χ1n) is 5.04. The number of hydrogen-bond donors (Lipinski definition) is 0. The summed E-state index contributed by atoms with van der Waals surface area (Å²) < 4.78 is 10.8. The van der Waals surface area contributed by atoms with Crippen LogP contribution in [0.1, 0.15) is 18.9 Å². The van der Waals surface area contributed by atoms with Gasteiger partial charge < -0.3 is 9.47 Å². The lowest BCUT2D eigenvalue weighted by Gasteiger charge is -2.06. The van der Waals surface area contributed by atoms with Crippen molar-refractivity contribution in [2.24, 2.45) is 0 Å². The van der Waals surface area contributed by atoms with Crippen molar-refractivity contribution in [3.05, 3.63) is 35.9 Å². The summed E-state index contributed by atoms with van der Waals surface area (Å²) in [5, 5.41) is 0. The molecule has 2 heteroatoms. The molecule has 1 aliphatic rings. The van der Waals surface area contributed by atoms with Crippen molar-refractivity contribution >= 4 is 0 Å². The standard InChI is InChI=1S/C12H16O2/c1-12(10-14-12)7-8-13-9-11-5-3-2-4-6-11/h2-6H,7-10H2,1H3/t12-/m0/s1. The number of rotatable bonds is 5. The monoisotopic (exact) mass is 192 g/mol. The zero-order chi connectivity index (χ0) is 9.86. The summed E-state index contributed by atoms with van der Waals surface area (Å²) in [5.41, 5.74) is 1.35. The van der Waals surface area contributed by atoms with E-state index in [0.717, 1.165) is 19.6 Å². The highest BCUT2D eigenvalue weighted by atomic mass is 16.6. The fourth-order valence-corrected chi connectivity index (χ4v) is 1.32. The highest BCUT2D eigenvalue weighted by Crippen LogP contribution is 2.29. The van der Waals surface area contributed by atoms with E-state index in [-0.39, 0.29) is 5.60 Å². The maximum atomic E-state index is 5.56. The van der Waals surface area contributed by atoms with Crippen LogP contribution < -0.4 is 0 Å². The molecule has 0 bridgehead atoms. The molecule has 0 aromatic heterocycles. The third-order valence-corrected chi connectivity index (χ3v) is 2.52. The highest BCUT2D eigenvalue weighted by molar-refractivity contribution is 5.13. The van der Waals surface area contributed by atoms with E-state index in [9.17, 15) is 0 Å². The van der Waals surface area contributed by atoms with E-state index in [4.69, 9.17) is 9.47 Å². The molecule has 1 atom stereocenters. The molecule has 0 radical (unpaired) electrons. The highest BCUT2D eigenvalue weighted by Gasteiger charge is 2.38. The van der Waals surface area contributed by atoms with Crippen molar-refractivity contribution < 1.29 is 9.47 Å². The Hall–Kier alpha value is -0.860. The maximum absolute atomic E-state index is 5.56. The molecule has 0 aliphatic carbocycles. The van der Waals surface area contributed by atoms with Crippen LogP contribution in [-0.4, -0.2) is 18.8 Å². The van der Waals surface area contributed by atoms with E-state index in [1.165, 1.54) is 5.56 Å². The number of benzene rings is 1. The minimum atomic E-state index is 0.122. The molecule has 1 saturated heterocycles. The lowest BCUT2D eigenvalue weighted by Crippen LogP contribution is -2.09. The summed E-state index contributed by atoms with van der Waals surface area (Å²) in [4.78, 5) is 0. The van der Waals surface area contributed by atoms with Gasteiger partial charge in [0.15, 0.2) is 0 Å². The summed E-state index contributed by atoms with van der Waals surface area (Å²) in [6.07, 6.45) is 1.000. The smallest absolute Gasteiger partial charge is 0.0910 e. The molecule has 1 aromatic rings.